The van der Waals surface area contributed by atoms with E-state index in [1.54, 1.807) is 42.6 Å². The molecule has 1 saturated heterocycles. The van der Waals surface area contributed by atoms with Crippen LogP contribution in [0.3, 0.4) is 0 Å². The fraction of sp³-hybridized carbons (Fsp3) is 0.273. The van der Waals surface area contributed by atoms with Gasteiger partial charge >= 0.3 is 0 Å². The predicted octanol–water partition coefficient (Wildman–Crippen LogP) is 4.16. The maximum Gasteiger partial charge on any atom is 0.255 e. The van der Waals surface area contributed by atoms with Gasteiger partial charge in [-0.1, -0.05) is 31.0 Å². The lowest BCUT2D eigenvalue weighted by molar-refractivity contribution is 0.102. The largest absolute Gasteiger partial charge is 0.444 e. The number of carbonyl (C=O) groups excluding carboxylic acids is 1. The van der Waals surface area contributed by atoms with E-state index < -0.39 is 10.0 Å². The minimum atomic E-state index is -3.62. The van der Waals surface area contributed by atoms with Crippen LogP contribution in [0.1, 0.15) is 36.0 Å². The molecule has 2 heterocycles. The Hall–Kier alpha value is -2.97. The van der Waals surface area contributed by atoms with Gasteiger partial charge in [0.15, 0.2) is 12.2 Å². The predicted molar refractivity (Wildman–Crippen MR) is 114 cm³/mol. The Morgan fingerprint density at radius 3 is 2.50 bits per heavy atom. The molecule has 1 amide bonds. The maximum atomic E-state index is 13.0. The molecule has 0 radical (unpaired) electrons. The Morgan fingerprint density at radius 2 is 1.77 bits per heavy atom. The summed E-state index contributed by atoms with van der Waals surface area (Å²) in [7, 11) is -3.62. The number of nitrogens with zero attached hydrogens (tertiary/aromatic N) is 2. The zero-order valence-electron chi connectivity index (χ0n) is 16.5. The van der Waals surface area contributed by atoms with Crippen molar-refractivity contribution in [2.45, 2.75) is 30.6 Å². The summed E-state index contributed by atoms with van der Waals surface area (Å²) < 4.78 is 32.9. The van der Waals surface area contributed by atoms with Crippen LogP contribution in [0.4, 0.5) is 5.69 Å². The first-order chi connectivity index (χ1) is 14.5. The molecule has 8 heteroatoms. The van der Waals surface area contributed by atoms with Gasteiger partial charge in [0.1, 0.15) is 0 Å². The molecule has 0 saturated carbocycles. The summed E-state index contributed by atoms with van der Waals surface area (Å²) in [6, 6.07) is 13.4. The van der Waals surface area contributed by atoms with E-state index in [2.05, 4.69) is 10.3 Å². The lowest BCUT2D eigenvalue weighted by Crippen LogP contribution is -2.32. The first-order valence-corrected chi connectivity index (χ1v) is 11.4. The number of rotatable bonds is 5. The first kappa shape index (κ1) is 20.3. The molecule has 156 valence electrons. The third-order valence-corrected chi connectivity index (χ3v) is 7.03. The zero-order chi connectivity index (χ0) is 21.0. The van der Waals surface area contributed by atoms with Crippen molar-refractivity contribution in [2.75, 3.05) is 18.4 Å². The molecule has 1 fully saturated rings. The molecule has 0 spiro atoms. The van der Waals surface area contributed by atoms with Gasteiger partial charge in [-0.3, -0.25) is 4.79 Å². The molecule has 0 unspecified atom stereocenters. The summed E-state index contributed by atoms with van der Waals surface area (Å²) in [5.74, 6) is 0.217. The molecule has 1 aliphatic rings. The highest BCUT2D eigenvalue weighted by Crippen LogP contribution is 2.24. The lowest BCUT2D eigenvalue weighted by Gasteiger charge is -2.20. The van der Waals surface area contributed by atoms with E-state index in [4.69, 9.17) is 4.42 Å². The van der Waals surface area contributed by atoms with Crippen molar-refractivity contribution in [3.63, 3.8) is 0 Å². The van der Waals surface area contributed by atoms with Gasteiger partial charge in [-0.2, -0.15) is 4.31 Å². The molecule has 0 bridgehead atoms. The molecule has 1 N–H and O–H groups in total. The molecular formula is C22H23N3O4S. The monoisotopic (exact) mass is 425 g/mol. The molecule has 1 aromatic heterocycles. The Kier molecular flexibility index (Phi) is 5.96. The van der Waals surface area contributed by atoms with E-state index in [0.29, 0.717) is 24.5 Å². The van der Waals surface area contributed by atoms with Crippen molar-refractivity contribution in [2.24, 2.45) is 0 Å². The van der Waals surface area contributed by atoms with Crippen LogP contribution in [0.2, 0.25) is 0 Å². The SMILES string of the molecule is O=C(Nc1cccc(-c2cnco2)c1)c1cccc(S(=O)(=O)N2CCCCCC2)c1. The number of hydrogen-bond acceptors (Lipinski definition) is 5. The number of hydrogen-bond donors (Lipinski definition) is 1. The summed E-state index contributed by atoms with van der Waals surface area (Å²) >= 11 is 0. The zero-order valence-corrected chi connectivity index (χ0v) is 17.3. The highest BCUT2D eigenvalue weighted by atomic mass is 32.2. The molecule has 3 aromatic rings. The molecule has 0 aliphatic carbocycles. The van der Waals surface area contributed by atoms with E-state index in [-0.39, 0.29) is 16.4 Å². The second-order valence-electron chi connectivity index (χ2n) is 7.25. The van der Waals surface area contributed by atoms with E-state index in [0.717, 1.165) is 31.2 Å². The van der Waals surface area contributed by atoms with Gasteiger partial charge in [0.05, 0.1) is 11.1 Å². The average molecular weight is 426 g/mol. The van der Waals surface area contributed by atoms with Crippen molar-refractivity contribution in [1.82, 2.24) is 9.29 Å². The second kappa shape index (κ2) is 8.81. The van der Waals surface area contributed by atoms with Gasteiger partial charge in [0.25, 0.3) is 5.91 Å². The van der Waals surface area contributed by atoms with Crippen LogP contribution in [0.5, 0.6) is 0 Å². The number of carbonyl (C=O) groups is 1. The van der Waals surface area contributed by atoms with Crippen LogP contribution in [-0.2, 0) is 10.0 Å². The Balaban J connectivity index is 1.54. The molecule has 7 nitrogen and oxygen atoms in total. The fourth-order valence-corrected chi connectivity index (χ4v) is 5.10. The second-order valence-corrected chi connectivity index (χ2v) is 9.18. The van der Waals surface area contributed by atoms with Gasteiger partial charge < -0.3 is 9.73 Å². The molecule has 1 aliphatic heterocycles. The van der Waals surface area contributed by atoms with E-state index in [1.807, 2.05) is 6.07 Å². The van der Waals surface area contributed by atoms with Gasteiger partial charge in [0, 0.05) is 29.9 Å². The standard InChI is InChI=1S/C22H23N3O4S/c26-22(24-19-9-5-7-17(13-19)21-15-23-16-29-21)18-8-6-10-20(14-18)30(27,28)25-11-3-1-2-4-12-25/h5-10,13-16H,1-4,11-12H2,(H,24,26). The normalized spacial score (nSPS) is 15.5. The number of sulfonamides is 1. The Labute approximate surface area is 175 Å². The van der Waals surface area contributed by atoms with Crippen molar-refractivity contribution in [3.8, 4) is 11.3 Å². The van der Waals surface area contributed by atoms with Gasteiger partial charge in [-0.25, -0.2) is 13.4 Å². The first-order valence-electron chi connectivity index (χ1n) is 9.94. The van der Waals surface area contributed by atoms with Gasteiger partial charge in [-0.05, 0) is 43.2 Å². The average Bonchev–Trinajstić information content (AvgIpc) is 3.16. The van der Waals surface area contributed by atoms with Crippen molar-refractivity contribution >= 4 is 21.6 Å². The smallest absolute Gasteiger partial charge is 0.255 e. The number of oxazole rings is 1. The van der Waals surface area contributed by atoms with Crippen LogP contribution in [0.25, 0.3) is 11.3 Å². The highest BCUT2D eigenvalue weighted by molar-refractivity contribution is 7.89. The molecule has 30 heavy (non-hydrogen) atoms. The minimum absolute atomic E-state index is 0.146. The quantitative estimate of drug-likeness (QED) is 0.663. The Bertz CT molecular complexity index is 1120. The summed E-state index contributed by atoms with van der Waals surface area (Å²) in [5.41, 5.74) is 1.65. The number of anilines is 1. The van der Waals surface area contributed by atoms with Crippen molar-refractivity contribution < 1.29 is 17.6 Å². The van der Waals surface area contributed by atoms with E-state index in [1.165, 1.54) is 16.8 Å². The topological polar surface area (TPSA) is 92.5 Å². The lowest BCUT2D eigenvalue weighted by atomic mass is 10.1. The summed E-state index contributed by atoms with van der Waals surface area (Å²) in [6.45, 7) is 1.04. The van der Waals surface area contributed by atoms with Gasteiger partial charge in [0.2, 0.25) is 10.0 Å². The summed E-state index contributed by atoms with van der Waals surface area (Å²) in [6.07, 6.45) is 6.75. The number of nitrogens with one attached hydrogen (secondary N) is 1. The summed E-state index contributed by atoms with van der Waals surface area (Å²) in [4.78, 5) is 16.8. The van der Waals surface area contributed by atoms with Crippen LogP contribution < -0.4 is 5.32 Å². The van der Waals surface area contributed by atoms with Crippen LogP contribution in [-0.4, -0.2) is 36.7 Å². The van der Waals surface area contributed by atoms with Crippen molar-refractivity contribution in [1.29, 1.82) is 0 Å². The van der Waals surface area contributed by atoms with Crippen LogP contribution in [0.15, 0.2) is 70.4 Å². The van der Waals surface area contributed by atoms with E-state index >= 15 is 0 Å². The minimum Gasteiger partial charge on any atom is -0.444 e. The molecule has 2 aromatic carbocycles. The third kappa shape index (κ3) is 4.44. The maximum absolute atomic E-state index is 13.0. The highest BCUT2D eigenvalue weighted by Gasteiger charge is 2.25. The van der Waals surface area contributed by atoms with Crippen molar-refractivity contribution in [3.05, 3.63) is 66.7 Å². The molecule has 4 rings (SSSR count). The van der Waals surface area contributed by atoms with E-state index in [9.17, 15) is 13.2 Å². The third-order valence-electron chi connectivity index (χ3n) is 5.14. The molecule has 0 atom stereocenters. The fourth-order valence-electron chi connectivity index (χ4n) is 3.54. The summed E-state index contributed by atoms with van der Waals surface area (Å²) in [5, 5.41) is 2.82. The Morgan fingerprint density at radius 1 is 1.00 bits per heavy atom. The number of benzene rings is 2. The van der Waals surface area contributed by atoms with Crippen LogP contribution in [0, 0.1) is 0 Å². The van der Waals surface area contributed by atoms with Crippen LogP contribution >= 0.6 is 0 Å². The molecular weight excluding hydrogens is 402 g/mol. The van der Waals surface area contributed by atoms with Gasteiger partial charge in [-0.15, -0.1) is 0 Å². The number of aromatic nitrogens is 1. The number of amides is 1.